The van der Waals surface area contributed by atoms with Crippen LogP contribution in [-0.4, -0.2) is 38.3 Å². The van der Waals surface area contributed by atoms with E-state index >= 15 is 0 Å². The summed E-state index contributed by atoms with van der Waals surface area (Å²) in [5, 5.41) is 16.0. The summed E-state index contributed by atoms with van der Waals surface area (Å²) in [7, 11) is 0. The second-order valence-corrected chi connectivity index (χ2v) is 8.33. The van der Waals surface area contributed by atoms with Crippen LogP contribution < -0.4 is 15.4 Å². The molecule has 6 heteroatoms. The second kappa shape index (κ2) is 8.10. The van der Waals surface area contributed by atoms with Gasteiger partial charge in [-0.25, -0.2) is 0 Å². The Labute approximate surface area is 176 Å². The van der Waals surface area contributed by atoms with Gasteiger partial charge in [0.15, 0.2) is 0 Å². The molecule has 2 heterocycles. The standard InChI is InChI=1S/C24H25N3O3/c25-12-17-10-16(4-5-22(17)30-19-6-8-29-9-7-19)15-2-1-3-18(11-15)27-24(28)23-20-13-26-14-21(20)23/h1-5,10-11,19-21,23,26H,6-9,13-14H2,(H,27,28)/t20-,21+,23?. The van der Waals surface area contributed by atoms with Crippen molar-refractivity contribution >= 4 is 11.6 Å². The van der Waals surface area contributed by atoms with Crippen LogP contribution in [0.25, 0.3) is 11.1 Å². The molecule has 0 bridgehead atoms. The Morgan fingerprint density at radius 1 is 1.10 bits per heavy atom. The number of hydrogen-bond acceptors (Lipinski definition) is 5. The van der Waals surface area contributed by atoms with E-state index in [-0.39, 0.29) is 17.9 Å². The zero-order valence-corrected chi connectivity index (χ0v) is 16.8. The summed E-state index contributed by atoms with van der Waals surface area (Å²) in [4.78, 5) is 12.6. The minimum absolute atomic E-state index is 0.0901. The fraction of sp³-hybridized carbons (Fsp3) is 0.417. The maximum Gasteiger partial charge on any atom is 0.228 e. The molecular weight excluding hydrogens is 378 g/mol. The molecule has 2 saturated heterocycles. The van der Waals surface area contributed by atoms with Crippen molar-refractivity contribution in [2.75, 3.05) is 31.6 Å². The van der Waals surface area contributed by atoms with Crippen LogP contribution >= 0.6 is 0 Å². The molecule has 1 unspecified atom stereocenters. The van der Waals surface area contributed by atoms with Crippen LogP contribution in [0.3, 0.4) is 0 Å². The number of piperidine rings is 1. The number of carbonyl (C=O) groups excluding carboxylic acids is 1. The zero-order valence-electron chi connectivity index (χ0n) is 16.8. The lowest BCUT2D eigenvalue weighted by atomic mass is 10.0. The summed E-state index contributed by atoms with van der Waals surface area (Å²) in [6.07, 6.45) is 1.77. The molecule has 1 saturated carbocycles. The number of nitriles is 1. The highest BCUT2D eigenvalue weighted by Gasteiger charge is 2.56. The average Bonchev–Trinajstić information content (AvgIpc) is 3.27. The molecule has 3 atom stereocenters. The van der Waals surface area contributed by atoms with Crippen LogP contribution in [0.1, 0.15) is 18.4 Å². The highest BCUT2D eigenvalue weighted by molar-refractivity contribution is 5.95. The highest BCUT2D eigenvalue weighted by Crippen LogP contribution is 2.49. The molecular formula is C24H25N3O3. The van der Waals surface area contributed by atoms with Crippen LogP contribution in [0, 0.1) is 29.1 Å². The molecule has 5 rings (SSSR count). The third-order valence-electron chi connectivity index (χ3n) is 6.42. The van der Waals surface area contributed by atoms with Crippen LogP contribution in [0.2, 0.25) is 0 Å². The zero-order chi connectivity index (χ0) is 20.5. The van der Waals surface area contributed by atoms with Gasteiger partial charge in [0.2, 0.25) is 5.91 Å². The van der Waals surface area contributed by atoms with Crippen LogP contribution in [0.5, 0.6) is 5.75 Å². The van der Waals surface area contributed by atoms with Crippen molar-refractivity contribution in [1.29, 1.82) is 5.26 Å². The van der Waals surface area contributed by atoms with Gasteiger partial charge in [0.05, 0.1) is 18.8 Å². The Morgan fingerprint density at radius 2 is 1.87 bits per heavy atom. The lowest BCUT2D eigenvalue weighted by Crippen LogP contribution is -2.26. The lowest BCUT2D eigenvalue weighted by Gasteiger charge is -2.23. The minimum atomic E-state index is 0.0901. The monoisotopic (exact) mass is 403 g/mol. The SMILES string of the molecule is N#Cc1cc(-c2cccc(NC(=O)C3[C@H]4CNC[C@@H]34)c2)ccc1OC1CCOCC1. The number of rotatable bonds is 5. The highest BCUT2D eigenvalue weighted by atomic mass is 16.5. The van der Waals surface area contributed by atoms with Crippen molar-refractivity contribution in [3.8, 4) is 22.9 Å². The predicted molar refractivity (Wildman–Crippen MR) is 113 cm³/mol. The molecule has 2 N–H and O–H groups in total. The molecule has 2 aliphatic heterocycles. The number of ether oxygens (including phenoxy) is 2. The van der Waals surface area contributed by atoms with Gasteiger partial charge >= 0.3 is 0 Å². The lowest BCUT2D eigenvalue weighted by molar-refractivity contribution is -0.118. The van der Waals surface area contributed by atoms with E-state index < -0.39 is 0 Å². The predicted octanol–water partition coefficient (Wildman–Crippen LogP) is 3.19. The Balaban J connectivity index is 1.30. The van der Waals surface area contributed by atoms with E-state index in [1.807, 2.05) is 42.5 Å². The average molecular weight is 403 g/mol. The topological polar surface area (TPSA) is 83.4 Å². The van der Waals surface area contributed by atoms with Crippen molar-refractivity contribution in [2.45, 2.75) is 18.9 Å². The quantitative estimate of drug-likeness (QED) is 0.801. The third-order valence-corrected chi connectivity index (χ3v) is 6.42. The molecule has 0 aromatic heterocycles. The first-order valence-electron chi connectivity index (χ1n) is 10.6. The Kier molecular flexibility index (Phi) is 5.16. The van der Waals surface area contributed by atoms with E-state index in [9.17, 15) is 10.1 Å². The van der Waals surface area contributed by atoms with Gasteiger partial charge in [-0.05, 0) is 60.3 Å². The van der Waals surface area contributed by atoms with Gasteiger partial charge in [0, 0.05) is 24.4 Å². The van der Waals surface area contributed by atoms with E-state index in [0.29, 0.717) is 36.4 Å². The van der Waals surface area contributed by atoms with E-state index in [1.165, 1.54) is 0 Å². The summed E-state index contributed by atoms with van der Waals surface area (Å²) in [5.41, 5.74) is 3.19. The van der Waals surface area contributed by atoms with E-state index in [1.54, 1.807) is 0 Å². The number of benzene rings is 2. The van der Waals surface area contributed by atoms with Gasteiger partial charge in [-0.3, -0.25) is 4.79 Å². The number of fused-ring (bicyclic) bond motifs is 1. The van der Waals surface area contributed by atoms with Crippen molar-refractivity contribution in [1.82, 2.24) is 5.32 Å². The van der Waals surface area contributed by atoms with Gasteiger partial charge < -0.3 is 20.1 Å². The molecule has 2 aromatic rings. The van der Waals surface area contributed by atoms with Crippen molar-refractivity contribution in [2.24, 2.45) is 17.8 Å². The van der Waals surface area contributed by atoms with Gasteiger partial charge in [-0.2, -0.15) is 5.26 Å². The van der Waals surface area contributed by atoms with E-state index in [0.717, 1.165) is 42.7 Å². The number of hydrogen-bond donors (Lipinski definition) is 2. The Bertz CT molecular complexity index is 983. The fourth-order valence-electron chi connectivity index (χ4n) is 4.68. The smallest absolute Gasteiger partial charge is 0.228 e. The summed E-state index contributed by atoms with van der Waals surface area (Å²) >= 11 is 0. The van der Waals surface area contributed by atoms with Crippen LogP contribution in [0.4, 0.5) is 5.69 Å². The molecule has 1 aliphatic carbocycles. The summed E-state index contributed by atoms with van der Waals surface area (Å²) in [6.45, 7) is 3.29. The number of anilines is 1. The first kappa shape index (κ1) is 19.1. The number of carbonyl (C=O) groups is 1. The summed E-state index contributed by atoms with van der Waals surface area (Å²) in [6, 6.07) is 15.7. The fourth-order valence-corrected chi connectivity index (χ4v) is 4.68. The molecule has 6 nitrogen and oxygen atoms in total. The summed E-state index contributed by atoms with van der Waals surface area (Å²) in [5.74, 6) is 1.86. The van der Waals surface area contributed by atoms with Gasteiger partial charge in [0.25, 0.3) is 0 Å². The maximum atomic E-state index is 12.6. The Hall–Kier alpha value is -2.88. The van der Waals surface area contributed by atoms with Crippen molar-refractivity contribution in [3.63, 3.8) is 0 Å². The molecule has 2 aromatic carbocycles. The van der Waals surface area contributed by atoms with Gasteiger partial charge in [-0.15, -0.1) is 0 Å². The molecule has 154 valence electrons. The van der Waals surface area contributed by atoms with Gasteiger partial charge in [-0.1, -0.05) is 18.2 Å². The van der Waals surface area contributed by atoms with E-state index in [2.05, 4.69) is 16.7 Å². The number of amides is 1. The van der Waals surface area contributed by atoms with Crippen LogP contribution in [-0.2, 0) is 9.53 Å². The molecule has 0 radical (unpaired) electrons. The molecule has 3 aliphatic rings. The largest absolute Gasteiger partial charge is 0.489 e. The normalized spacial score (nSPS) is 25.2. The number of nitrogens with zero attached hydrogens (tertiary/aromatic N) is 1. The number of nitrogens with one attached hydrogen (secondary N) is 2. The van der Waals surface area contributed by atoms with Gasteiger partial charge in [0.1, 0.15) is 17.9 Å². The minimum Gasteiger partial charge on any atom is -0.489 e. The van der Waals surface area contributed by atoms with Crippen molar-refractivity contribution in [3.05, 3.63) is 48.0 Å². The summed E-state index contributed by atoms with van der Waals surface area (Å²) < 4.78 is 11.4. The Morgan fingerprint density at radius 3 is 2.63 bits per heavy atom. The maximum absolute atomic E-state index is 12.6. The van der Waals surface area contributed by atoms with Crippen molar-refractivity contribution < 1.29 is 14.3 Å². The molecule has 1 amide bonds. The second-order valence-electron chi connectivity index (χ2n) is 8.33. The third kappa shape index (κ3) is 3.79. The van der Waals surface area contributed by atoms with Crippen LogP contribution in [0.15, 0.2) is 42.5 Å². The molecule has 30 heavy (non-hydrogen) atoms. The first-order chi connectivity index (χ1) is 14.7. The first-order valence-corrected chi connectivity index (χ1v) is 10.6. The van der Waals surface area contributed by atoms with E-state index in [4.69, 9.17) is 9.47 Å². The molecule has 0 spiro atoms. The molecule has 3 fully saturated rings.